The van der Waals surface area contributed by atoms with E-state index in [-0.39, 0.29) is 5.82 Å². The molecule has 0 aliphatic heterocycles. The number of hydrogen-bond acceptors (Lipinski definition) is 3. The molecular formula is C14H17FN2O. The van der Waals surface area contributed by atoms with Gasteiger partial charge in [-0.25, -0.2) is 4.39 Å². The number of anilines is 1. The molecule has 0 saturated heterocycles. The maximum absolute atomic E-state index is 13.6. The number of furan rings is 1. The second kappa shape index (κ2) is 5.23. The van der Waals surface area contributed by atoms with Crippen LogP contribution in [0.5, 0.6) is 0 Å². The SMILES string of the molecule is Cc1cc(CN(C)c2ccccc2F)oc1CN. The van der Waals surface area contributed by atoms with Crippen LogP contribution in [0.3, 0.4) is 0 Å². The average molecular weight is 248 g/mol. The number of nitrogens with zero attached hydrogens (tertiary/aromatic N) is 1. The number of nitrogens with two attached hydrogens (primary N) is 1. The van der Waals surface area contributed by atoms with Crippen LogP contribution in [0.2, 0.25) is 0 Å². The molecule has 0 atom stereocenters. The molecule has 0 amide bonds. The molecule has 1 heterocycles. The lowest BCUT2D eigenvalue weighted by molar-refractivity contribution is 0.462. The maximum Gasteiger partial charge on any atom is 0.146 e. The van der Waals surface area contributed by atoms with Crippen LogP contribution in [-0.2, 0) is 13.1 Å². The lowest BCUT2D eigenvalue weighted by Crippen LogP contribution is -2.17. The Morgan fingerprint density at radius 2 is 2.06 bits per heavy atom. The normalized spacial score (nSPS) is 10.7. The molecule has 1 aromatic carbocycles. The molecule has 0 fully saturated rings. The van der Waals surface area contributed by atoms with Crippen LogP contribution in [0.4, 0.5) is 10.1 Å². The van der Waals surface area contributed by atoms with E-state index in [0.717, 1.165) is 17.1 Å². The molecule has 2 rings (SSSR count). The second-order valence-corrected chi connectivity index (χ2v) is 4.33. The highest BCUT2D eigenvalue weighted by atomic mass is 19.1. The van der Waals surface area contributed by atoms with E-state index in [1.807, 2.05) is 31.0 Å². The van der Waals surface area contributed by atoms with Gasteiger partial charge in [0.05, 0.1) is 18.8 Å². The third kappa shape index (κ3) is 2.54. The number of rotatable bonds is 4. The summed E-state index contributed by atoms with van der Waals surface area (Å²) < 4.78 is 19.2. The van der Waals surface area contributed by atoms with Crippen molar-refractivity contribution >= 4 is 5.69 Å². The van der Waals surface area contributed by atoms with Gasteiger partial charge >= 0.3 is 0 Å². The van der Waals surface area contributed by atoms with Gasteiger partial charge < -0.3 is 15.1 Å². The van der Waals surface area contributed by atoms with Crippen molar-refractivity contribution in [1.82, 2.24) is 0 Å². The topological polar surface area (TPSA) is 42.4 Å². The molecule has 0 spiro atoms. The van der Waals surface area contributed by atoms with E-state index in [1.165, 1.54) is 6.07 Å². The van der Waals surface area contributed by atoms with Crippen molar-refractivity contribution in [1.29, 1.82) is 0 Å². The van der Waals surface area contributed by atoms with Gasteiger partial charge in [-0.3, -0.25) is 0 Å². The third-order valence-electron chi connectivity index (χ3n) is 2.91. The van der Waals surface area contributed by atoms with Gasteiger partial charge in [0.2, 0.25) is 0 Å². The molecular weight excluding hydrogens is 231 g/mol. The molecule has 0 bridgehead atoms. The Balaban J connectivity index is 2.16. The highest BCUT2D eigenvalue weighted by Crippen LogP contribution is 2.21. The minimum Gasteiger partial charge on any atom is -0.463 e. The lowest BCUT2D eigenvalue weighted by Gasteiger charge is -2.18. The Morgan fingerprint density at radius 3 is 2.67 bits per heavy atom. The van der Waals surface area contributed by atoms with E-state index in [0.29, 0.717) is 18.8 Å². The summed E-state index contributed by atoms with van der Waals surface area (Å²) in [7, 11) is 1.83. The summed E-state index contributed by atoms with van der Waals surface area (Å²) in [6.07, 6.45) is 0. The summed E-state index contributed by atoms with van der Waals surface area (Å²) in [6, 6.07) is 8.63. The van der Waals surface area contributed by atoms with Crippen LogP contribution in [0.15, 0.2) is 34.7 Å². The van der Waals surface area contributed by atoms with Gasteiger partial charge in [0.1, 0.15) is 17.3 Å². The summed E-state index contributed by atoms with van der Waals surface area (Å²) in [5, 5.41) is 0. The van der Waals surface area contributed by atoms with Gasteiger partial charge in [-0.05, 0) is 30.7 Å². The van der Waals surface area contributed by atoms with Crippen LogP contribution in [0.1, 0.15) is 17.1 Å². The fourth-order valence-corrected chi connectivity index (χ4v) is 1.95. The second-order valence-electron chi connectivity index (χ2n) is 4.33. The first-order valence-corrected chi connectivity index (χ1v) is 5.85. The summed E-state index contributed by atoms with van der Waals surface area (Å²) >= 11 is 0. The molecule has 96 valence electrons. The molecule has 0 aliphatic rings. The Hall–Kier alpha value is -1.81. The number of para-hydroxylation sites is 1. The highest BCUT2D eigenvalue weighted by molar-refractivity contribution is 5.47. The van der Waals surface area contributed by atoms with Crippen molar-refractivity contribution < 1.29 is 8.81 Å². The maximum atomic E-state index is 13.6. The number of hydrogen-bond donors (Lipinski definition) is 1. The predicted molar refractivity (Wildman–Crippen MR) is 69.8 cm³/mol. The van der Waals surface area contributed by atoms with Crippen LogP contribution in [0, 0.1) is 12.7 Å². The molecule has 3 nitrogen and oxygen atoms in total. The van der Waals surface area contributed by atoms with Gasteiger partial charge in [-0.2, -0.15) is 0 Å². The van der Waals surface area contributed by atoms with Gasteiger partial charge in [0, 0.05) is 7.05 Å². The zero-order valence-electron chi connectivity index (χ0n) is 10.6. The van der Waals surface area contributed by atoms with Crippen molar-refractivity contribution in [3.8, 4) is 0 Å². The Bertz CT molecular complexity index is 536. The lowest BCUT2D eigenvalue weighted by atomic mass is 10.2. The van der Waals surface area contributed by atoms with Crippen LogP contribution in [0.25, 0.3) is 0 Å². The Morgan fingerprint density at radius 1 is 1.33 bits per heavy atom. The van der Waals surface area contributed by atoms with Gasteiger partial charge in [-0.15, -0.1) is 0 Å². The minimum absolute atomic E-state index is 0.234. The number of halogens is 1. The van der Waals surface area contributed by atoms with Gasteiger partial charge in [0.25, 0.3) is 0 Å². The molecule has 0 saturated carbocycles. The predicted octanol–water partition coefficient (Wildman–Crippen LogP) is 2.82. The molecule has 0 aliphatic carbocycles. The van der Waals surface area contributed by atoms with E-state index in [4.69, 9.17) is 10.2 Å². The van der Waals surface area contributed by atoms with E-state index in [2.05, 4.69) is 0 Å². The summed E-state index contributed by atoms with van der Waals surface area (Å²) in [6.45, 7) is 2.86. The molecule has 18 heavy (non-hydrogen) atoms. The third-order valence-corrected chi connectivity index (χ3v) is 2.91. The number of aryl methyl sites for hydroxylation is 1. The van der Waals surface area contributed by atoms with Crippen molar-refractivity contribution in [3.63, 3.8) is 0 Å². The summed E-state index contributed by atoms with van der Waals surface area (Å²) in [4.78, 5) is 1.81. The zero-order chi connectivity index (χ0) is 13.1. The van der Waals surface area contributed by atoms with Crippen molar-refractivity contribution in [2.24, 2.45) is 5.73 Å². The van der Waals surface area contributed by atoms with Crippen LogP contribution in [-0.4, -0.2) is 7.05 Å². The van der Waals surface area contributed by atoms with Crippen LogP contribution >= 0.6 is 0 Å². The number of benzene rings is 1. The van der Waals surface area contributed by atoms with E-state index >= 15 is 0 Å². The standard InChI is InChI=1S/C14H17FN2O/c1-10-7-11(18-14(10)8-16)9-17(2)13-6-4-3-5-12(13)15/h3-7H,8-9,16H2,1-2H3. The fourth-order valence-electron chi connectivity index (χ4n) is 1.95. The average Bonchev–Trinajstić information content (AvgIpc) is 2.69. The molecule has 2 aromatic rings. The zero-order valence-corrected chi connectivity index (χ0v) is 10.6. The minimum atomic E-state index is -0.234. The molecule has 1 aromatic heterocycles. The summed E-state index contributed by atoms with van der Waals surface area (Å²) in [5.74, 6) is 1.34. The first-order chi connectivity index (χ1) is 8.61. The van der Waals surface area contributed by atoms with E-state index < -0.39 is 0 Å². The first kappa shape index (κ1) is 12.6. The Kier molecular flexibility index (Phi) is 3.67. The van der Waals surface area contributed by atoms with E-state index in [9.17, 15) is 4.39 Å². The van der Waals surface area contributed by atoms with Gasteiger partial charge in [0.15, 0.2) is 0 Å². The monoisotopic (exact) mass is 248 g/mol. The Labute approximate surface area is 106 Å². The first-order valence-electron chi connectivity index (χ1n) is 5.85. The fraction of sp³-hybridized carbons (Fsp3) is 0.286. The molecule has 4 heteroatoms. The highest BCUT2D eigenvalue weighted by Gasteiger charge is 2.11. The van der Waals surface area contributed by atoms with E-state index in [1.54, 1.807) is 12.1 Å². The van der Waals surface area contributed by atoms with Crippen molar-refractivity contribution in [3.05, 3.63) is 53.2 Å². The van der Waals surface area contributed by atoms with Gasteiger partial charge in [-0.1, -0.05) is 12.1 Å². The molecule has 0 radical (unpaired) electrons. The molecule has 2 N–H and O–H groups in total. The summed E-state index contributed by atoms with van der Waals surface area (Å²) in [5.41, 5.74) is 7.16. The van der Waals surface area contributed by atoms with Crippen molar-refractivity contribution in [2.45, 2.75) is 20.0 Å². The van der Waals surface area contributed by atoms with Crippen LogP contribution < -0.4 is 10.6 Å². The van der Waals surface area contributed by atoms with Crippen molar-refractivity contribution in [2.75, 3.05) is 11.9 Å². The smallest absolute Gasteiger partial charge is 0.146 e. The quantitative estimate of drug-likeness (QED) is 0.904. The molecule has 0 unspecified atom stereocenters. The largest absolute Gasteiger partial charge is 0.463 e.